The summed E-state index contributed by atoms with van der Waals surface area (Å²) < 4.78 is 5.13. The van der Waals surface area contributed by atoms with Gasteiger partial charge >= 0.3 is 5.97 Å². The van der Waals surface area contributed by atoms with Crippen LogP contribution in [0.25, 0.3) is 0 Å². The number of hydrogen-bond acceptors (Lipinski definition) is 3. The highest BCUT2D eigenvalue weighted by Gasteiger charge is 2.30. The molecular weight excluding hydrogens is 270 g/mol. The number of carboxylic acid groups (broad SMARTS) is 1. The maximum absolute atomic E-state index is 12.2. The van der Waals surface area contributed by atoms with Gasteiger partial charge in [-0.15, -0.1) is 6.58 Å². The smallest absolute Gasteiger partial charge is 0.328 e. The van der Waals surface area contributed by atoms with Crippen LogP contribution in [0.4, 0.5) is 0 Å². The molecule has 0 bridgehead atoms. The summed E-state index contributed by atoms with van der Waals surface area (Å²) in [6, 6.07) is -0.986. The van der Waals surface area contributed by atoms with Crippen LogP contribution in [0.15, 0.2) is 12.7 Å². The first-order chi connectivity index (χ1) is 9.95. The van der Waals surface area contributed by atoms with Crippen LogP contribution in [0.3, 0.4) is 0 Å². The van der Waals surface area contributed by atoms with Crippen molar-refractivity contribution >= 4 is 11.9 Å². The van der Waals surface area contributed by atoms with Crippen LogP contribution >= 0.6 is 0 Å². The second kappa shape index (κ2) is 8.82. The number of carbonyl (C=O) groups excluding carboxylic acids is 1. The molecule has 0 aliphatic heterocycles. The fraction of sp³-hybridized carbons (Fsp3) is 0.750. The van der Waals surface area contributed by atoms with Crippen molar-refractivity contribution in [2.45, 2.75) is 45.6 Å². The zero-order chi connectivity index (χ0) is 15.8. The molecule has 1 atom stereocenters. The third-order valence-electron chi connectivity index (χ3n) is 4.22. The van der Waals surface area contributed by atoms with Crippen LogP contribution in [0.5, 0.6) is 0 Å². The second-order valence-corrected chi connectivity index (χ2v) is 6.08. The Bertz CT molecular complexity index is 359. The molecule has 1 amide bonds. The molecule has 1 rings (SSSR count). The summed E-state index contributed by atoms with van der Waals surface area (Å²) >= 11 is 0. The Hall–Kier alpha value is -1.36. The number of carboxylic acids is 1. The van der Waals surface area contributed by atoms with E-state index in [0.29, 0.717) is 11.8 Å². The lowest BCUT2D eigenvalue weighted by Gasteiger charge is -2.30. The molecule has 120 valence electrons. The summed E-state index contributed by atoms with van der Waals surface area (Å²) in [5.41, 5.74) is 0. The van der Waals surface area contributed by atoms with E-state index in [2.05, 4.69) is 25.7 Å². The number of rotatable bonds is 8. The zero-order valence-corrected chi connectivity index (χ0v) is 13.0. The number of hydrogen-bond donors (Lipinski definition) is 2. The van der Waals surface area contributed by atoms with E-state index in [-0.39, 0.29) is 25.0 Å². The maximum atomic E-state index is 12.2. The van der Waals surface area contributed by atoms with Crippen LogP contribution in [-0.2, 0) is 14.3 Å². The Kier molecular flexibility index (Phi) is 7.43. The van der Waals surface area contributed by atoms with Crippen LogP contribution in [0.2, 0.25) is 0 Å². The van der Waals surface area contributed by atoms with Gasteiger partial charge in [0, 0.05) is 5.92 Å². The lowest BCUT2D eigenvalue weighted by molar-refractivity contribution is -0.144. The van der Waals surface area contributed by atoms with E-state index in [1.165, 1.54) is 0 Å². The van der Waals surface area contributed by atoms with Gasteiger partial charge in [0.1, 0.15) is 0 Å². The van der Waals surface area contributed by atoms with Gasteiger partial charge in [-0.25, -0.2) is 4.79 Å². The summed E-state index contributed by atoms with van der Waals surface area (Å²) in [4.78, 5) is 23.3. The van der Waals surface area contributed by atoms with Crippen molar-refractivity contribution in [2.24, 2.45) is 17.8 Å². The van der Waals surface area contributed by atoms with Gasteiger partial charge in [0.2, 0.25) is 5.91 Å². The monoisotopic (exact) mass is 297 g/mol. The van der Waals surface area contributed by atoms with E-state index < -0.39 is 12.0 Å². The average Bonchev–Trinajstić information content (AvgIpc) is 2.46. The standard InChI is InChI=1S/C16H27NO4/c1-4-9-21-10-14(16(19)20)17-15(18)13-7-5-12(6-8-13)11(2)3/h4,11-14H,1,5-10H2,2-3H3,(H,17,18)(H,19,20). The van der Waals surface area contributed by atoms with Crippen LogP contribution < -0.4 is 5.32 Å². The molecule has 2 N–H and O–H groups in total. The van der Waals surface area contributed by atoms with Gasteiger partial charge in [-0.1, -0.05) is 19.9 Å². The van der Waals surface area contributed by atoms with Gasteiger partial charge in [-0.05, 0) is 37.5 Å². The number of amides is 1. The molecule has 21 heavy (non-hydrogen) atoms. The minimum Gasteiger partial charge on any atom is -0.480 e. The van der Waals surface area contributed by atoms with E-state index in [1.807, 2.05) is 0 Å². The van der Waals surface area contributed by atoms with Gasteiger partial charge in [0.05, 0.1) is 13.2 Å². The molecule has 1 aliphatic carbocycles. The zero-order valence-electron chi connectivity index (χ0n) is 13.0. The summed E-state index contributed by atoms with van der Waals surface area (Å²) in [7, 11) is 0. The minimum absolute atomic E-state index is 0.0333. The van der Waals surface area contributed by atoms with E-state index in [4.69, 9.17) is 9.84 Å². The molecule has 0 radical (unpaired) electrons. The van der Waals surface area contributed by atoms with Crippen LogP contribution in [0, 0.1) is 17.8 Å². The Morgan fingerprint density at radius 3 is 2.43 bits per heavy atom. The van der Waals surface area contributed by atoms with E-state index in [1.54, 1.807) is 6.08 Å². The molecule has 0 spiro atoms. The summed E-state index contributed by atoms with van der Waals surface area (Å²) in [5, 5.41) is 11.7. The molecule has 5 nitrogen and oxygen atoms in total. The molecule has 1 aliphatic rings. The quantitative estimate of drug-likeness (QED) is 0.532. The molecule has 1 unspecified atom stereocenters. The minimum atomic E-state index is -1.07. The summed E-state index contributed by atoms with van der Waals surface area (Å²) in [6.07, 6.45) is 5.32. The van der Waals surface area contributed by atoms with Crippen molar-refractivity contribution in [1.29, 1.82) is 0 Å². The first-order valence-electron chi connectivity index (χ1n) is 7.67. The molecular formula is C16H27NO4. The van der Waals surface area contributed by atoms with Crippen molar-refractivity contribution in [3.63, 3.8) is 0 Å². The fourth-order valence-electron chi connectivity index (χ4n) is 2.78. The molecule has 0 aromatic rings. The first-order valence-corrected chi connectivity index (χ1v) is 7.67. The van der Waals surface area contributed by atoms with Crippen LogP contribution in [0.1, 0.15) is 39.5 Å². The molecule has 0 heterocycles. The van der Waals surface area contributed by atoms with Crippen molar-refractivity contribution in [3.05, 3.63) is 12.7 Å². The number of aliphatic carboxylic acids is 1. The topological polar surface area (TPSA) is 75.6 Å². The van der Waals surface area contributed by atoms with Gasteiger partial charge in [0.25, 0.3) is 0 Å². The van der Waals surface area contributed by atoms with E-state index in [9.17, 15) is 9.59 Å². The van der Waals surface area contributed by atoms with Gasteiger partial charge in [-0.3, -0.25) is 4.79 Å². The molecule has 0 saturated heterocycles. The highest BCUT2D eigenvalue weighted by atomic mass is 16.5. The molecule has 5 heteroatoms. The highest BCUT2D eigenvalue weighted by Crippen LogP contribution is 2.33. The predicted molar refractivity (Wildman–Crippen MR) is 80.9 cm³/mol. The van der Waals surface area contributed by atoms with Crippen molar-refractivity contribution in [1.82, 2.24) is 5.32 Å². The Labute approximate surface area is 126 Å². The number of nitrogens with one attached hydrogen (secondary N) is 1. The van der Waals surface area contributed by atoms with E-state index in [0.717, 1.165) is 25.7 Å². The van der Waals surface area contributed by atoms with Crippen molar-refractivity contribution in [2.75, 3.05) is 13.2 Å². The predicted octanol–water partition coefficient (Wildman–Crippen LogP) is 2.22. The Morgan fingerprint density at radius 2 is 1.95 bits per heavy atom. The molecule has 0 aromatic carbocycles. The number of ether oxygens (including phenoxy) is 1. The average molecular weight is 297 g/mol. The largest absolute Gasteiger partial charge is 0.480 e. The van der Waals surface area contributed by atoms with Gasteiger partial charge in [0.15, 0.2) is 6.04 Å². The normalized spacial score (nSPS) is 23.6. The fourth-order valence-corrected chi connectivity index (χ4v) is 2.78. The van der Waals surface area contributed by atoms with Crippen LogP contribution in [-0.4, -0.2) is 36.2 Å². The summed E-state index contributed by atoms with van der Waals surface area (Å²) in [6.45, 7) is 8.16. The lowest BCUT2D eigenvalue weighted by Crippen LogP contribution is -2.47. The van der Waals surface area contributed by atoms with Gasteiger partial charge in [-0.2, -0.15) is 0 Å². The third-order valence-corrected chi connectivity index (χ3v) is 4.22. The molecule has 1 saturated carbocycles. The Morgan fingerprint density at radius 1 is 1.33 bits per heavy atom. The van der Waals surface area contributed by atoms with E-state index >= 15 is 0 Å². The lowest BCUT2D eigenvalue weighted by atomic mass is 9.76. The maximum Gasteiger partial charge on any atom is 0.328 e. The van der Waals surface area contributed by atoms with Gasteiger partial charge < -0.3 is 15.2 Å². The highest BCUT2D eigenvalue weighted by molar-refractivity contribution is 5.85. The molecule has 0 aromatic heterocycles. The second-order valence-electron chi connectivity index (χ2n) is 6.08. The summed E-state index contributed by atoms with van der Waals surface area (Å²) in [5.74, 6) is 0.0321. The Balaban J connectivity index is 2.43. The first kappa shape index (κ1) is 17.7. The van der Waals surface area contributed by atoms with Crippen molar-refractivity contribution in [3.8, 4) is 0 Å². The number of carbonyl (C=O) groups is 2. The van der Waals surface area contributed by atoms with Crippen molar-refractivity contribution < 1.29 is 19.4 Å². The SMILES string of the molecule is C=CCOCC(NC(=O)C1CCC(C(C)C)CC1)C(=O)O. The molecule has 1 fully saturated rings. The third kappa shape index (κ3) is 5.87.